The Kier molecular flexibility index (Phi) is 5.46. The highest BCUT2D eigenvalue weighted by Crippen LogP contribution is 2.37. The van der Waals surface area contributed by atoms with E-state index in [4.69, 9.17) is 14.6 Å². The maximum absolute atomic E-state index is 12.8. The van der Waals surface area contributed by atoms with Gasteiger partial charge in [-0.3, -0.25) is 9.69 Å². The molecular weight excluding hydrogens is 368 g/mol. The zero-order chi connectivity index (χ0) is 19.4. The smallest absolute Gasteiger partial charge is 0.329 e. The molecule has 0 atom stereocenters. The first kappa shape index (κ1) is 18.5. The number of carboxylic acid groups (broad SMARTS) is 1. The quantitative estimate of drug-likeness (QED) is 0.795. The van der Waals surface area contributed by atoms with E-state index in [1.807, 2.05) is 0 Å². The Morgan fingerprint density at radius 1 is 1.11 bits per heavy atom. The first-order valence-electron chi connectivity index (χ1n) is 7.85. The van der Waals surface area contributed by atoms with Gasteiger partial charge in [0, 0.05) is 18.2 Å². The van der Waals surface area contributed by atoms with Gasteiger partial charge in [0.2, 0.25) is 0 Å². The van der Waals surface area contributed by atoms with Crippen LogP contribution in [0.25, 0.3) is 0 Å². The highest BCUT2D eigenvalue weighted by atomic mass is 32.2. The number of carbonyl (C=O) groups is 2. The zero-order valence-electron chi connectivity index (χ0n) is 14.6. The summed E-state index contributed by atoms with van der Waals surface area (Å²) < 4.78 is 10.4. The number of methoxy groups -OCH3 is 2. The molecule has 1 heterocycles. The summed E-state index contributed by atoms with van der Waals surface area (Å²) in [5.74, 6) is -0.460. The van der Waals surface area contributed by atoms with Crippen LogP contribution in [0.15, 0.2) is 64.5 Å². The van der Waals surface area contributed by atoms with Gasteiger partial charge in [-0.25, -0.2) is 9.79 Å². The summed E-state index contributed by atoms with van der Waals surface area (Å²) in [5.41, 5.74) is 1.11. The van der Waals surface area contributed by atoms with Crippen LogP contribution in [0.3, 0.4) is 0 Å². The van der Waals surface area contributed by atoms with Crippen molar-refractivity contribution >= 4 is 40.2 Å². The number of benzene rings is 2. The SMILES string of the molecule is COc1cccc(/N=C2/S/C(=C\C(=O)O)C(=O)N2c2cccc(OC)c2)c1. The Morgan fingerprint density at radius 3 is 2.44 bits per heavy atom. The number of ether oxygens (including phenoxy) is 2. The third kappa shape index (κ3) is 4.12. The third-order valence-electron chi connectivity index (χ3n) is 3.65. The molecule has 0 saturated carbocycles. The summed E-state index contributed by atoms with van der Waals surface area (Å²) in [6.07, 6.45) is 0.883. The first-order chi connectivity index (χ1) is 13.0. The predicted molar refractivity (Wildman–Crippen MR) is 104 cm³/mol. The maximum Gasteiger partial charge on any atom is 0.329 e. The van der Waals surface area contributed by atoms with Gasteiger partial charge in [-0.2, -0.15) is 0 Å². The molecule has 0 radical (unpaired) electrons. The zero-order valence-corrected chi connectivity index (χ0v) is 15.4. The largest absolute Gasteiger partial charge is 0.497 e. The highest BCUT2D eigenvalue weighted by molar-refractivity contribution is 8.19. The number of anilines is 1. The van der Waals surface area contributed by atoms with E-state index in [1.165, 1.54) is 12.0 Å². The lowest BCUT2D eigenvalue weighted by molar-refractivity contribution is -0.131. The minimum atomic E-state index is -1.20. The van der Waals surface area contributed by atoms with Crippen LogP contribution in [0.1, 0.15) is 0 Å². The Bertz CT molecular complexity index is 955. The molecule has 27 heavy (non-hydrogen) atoms. The molecule has 0 bridgehead atoms. The van der Waals surface area contributed by atoms with Crippen LogP contribution in [-0.4, -0.2) is 36.4 Å². The van der Waals surface area contributed by atoms with Gasteiger partial charge >= 0.3 is 5.97 Å². The molecule has 0 aromatic heterocycles. The van der Waals surface area contributed by atoms with Crippen LogP contribution in [0.4, 0.5) is 11.4 Å². The second-order valence-electron chi connectivity index (χ2n) is 5.39. The van der Waals surface area contributed by atoms with Crippen LogP contribution in [-0.2, 0) is 9.59 Å². The Labute approximate surface area is 159 Å². The first-order valence-corrected chi connectivity index (χ1v) is 8.67. The fourth-order valence-corrected chi connectivity index (χ4v) is 3.39. The number of nitrogens with zero attached hydrogens (tertiary/aromatic N) is 2. The number of thioether (sulfide) groups is 1. The van der Waals surface area contributed by atoms with Gasteiger partial charge in [-0.15, -0.1) is 0 Å². The van der Waals surface area contributed by atoms with E-state index in [0.717, 1.165) is 17.8 Å². The molecule has 2 aromatic carbocycles. The molecule has 1 saturated heterocycles. The maximum atomic E-state index is 12.8. The molecule has 1 fully saturated rings. The monoisotopic (exact) mass is 384 g/mol. The predicted octanol–water partition coefficient (Wildman–Crippen LogP) is 3.44. The Hall–Kier alpha value is -3.26. The van der Waals surface area contributed by atoms with Crippen molar-refractivity contribution in [3.05, 3.63) is 59.5 Å². The molecule has 1 aliphatic heterocycles. The fourth-order valence-electron chi connectivity index (χ4n) is 2.43. The number of hydrogen-bond donors (Lipinski definition) is 1. The summed E-state index contributed by atoms with van der Waals surface area (Å²) in [5, 5.41) is 9.38. The summed E-state index contributed by atoms with van der Waals surface area (Å²) in [6.45, 7) is 0. The topological polar surface area (TPSA) is 88.4 Å². The fraction of sp³-hybridized carbons (Fsp3) is 0.105. The van der Waals surface area contributed by atoms with Gasteiger partial charge in [0.1, 0.15) is 11.5 Å². The van der Waals surface area contributed by atoms with Crippen LogP contribution in [0.5, 0.6) is 11.5 Å². The van der Waals surface area contributed by atoms with Crippen LogP contribution in [0, 0.1) is 0 Å². The van der Waals surface area contributed by atoms with Crippen molar-refractivity contribution in [2.45, 2.75) is 0 Å². The lowest BCUT2D eigenvalue weighted by Crippen LogP contribution is -2.28. The van der Waals surface area contributed by atoms with E-state index >= 15 is 0 Å². The Balaban J connectivity index is 2.08. The molecule has 1 N–H and O–H groups in total. The van der Waals surface area contributed by atoms with E-state index in [-0.39, 0.29) is 4.91 Å². The molecule has 2 aromatic rings. The van der Waals surface area contributed by atoms with E-state index in [0.29, 0.717) is 28.0 Å². The minimum absolute atomic E-state index is 0.0759. The molecule has 0 spiro atoms. The summed E-state index contributed by atoms with van der Waals surface area (Å²) in [4.78, 5) is 29.8. The highest BCUT2D eigenvalue weighted by Gasteiger charge is 2.35. The second kappa shape index (κ2) is 7.96. The van der Waals surface area contributed by atoms with Gasteiger partial charge in [0.15, 0.2) is 5.17 Å². The number of aliphatic imine (C=N–C) groups is 1. The molecule has 7 nitrogen and oxygen atoms in total. The third-order valence-corrected chi connectivity index (χ3v) is 4.62. The van der Waals surface area contributed by atoms with Crippen molar-refractivity contribution < 1.29 is 24.2 Å². The number of rotatable bonds is 5. The van der Waals surface area contributed by atoms with Gasteiger partial charge < -0.3 is 14.6 Å². The molecule has 1 amide bonds. The molecular formula is C19H16N2O5S. The summed E-state index contributed by atoms with van der Waals surface area (Å²) in [6, 6.07) is 14.0. The van der Waals surface area contributed by atoms with Crippen LogP contribution >= 0.6 is 11.8 Å². The molecule has 138 valence electrons. The number of hydrogen-bond acceptors (Lipinski definition) is 6. The molecule has 1 aliphatic rings. The lowest BCUT2D eigenvalue weighted by Gasteiger charge is -2.16. The number of carboxylic acids is 1. The van der Waals surface area contributed by atoms with Crippen molar-refractivity contribution in [3.8, 4) is 11.5 Å². The molecule has 0 unspecified atom stereocenters. The van der Waals surface area contributed by atoms with Crippen molar-refractivity contribution in [1.82, 2.24) is 0 Å². The summed E-state index contributed by atoms with van der Waals surface area (Å²) in [7, 11) is 3.08. The number of carbonyl (C=O) groups excluding carboxylic acids is 1. The van der Waals surface area contributed by atoms with Crippen LogP contribution < -0.4 is 14.4 Å². The van der Waals surface area contributed by atoms with Crippen molar-refractivity contribution in [3.63, 3.8) is 0 Å². The van der Waals surface area contributed by atoms with Gasteiger partial charge in [-0.05, 0) is 36.0 Å². The average molecular weight is 384 g/mol. The second-order valence-corrected chi connectivity index (χ2v) is 6.40. The van der Waals surface area contributed by atoms with Crippen molar-refractivity contribution in [2.75, 3.05) is 19.1 Å². The van der Waals surface area contributed by atoms with Gasteiger partial charge in [0.05, 0.1) is 30.5 Å². The van der Waals surface area contributed by atoms with Crippen LogP contribution in [0.2, 0.25) is 0 Å². The normalized spacial score (nSPS) is 16.8. The number of amidine groups is 1. The molecule has 0 aliphatic carbocycles. The standard InChI is InChI=1S/C19H16N2O5S/c1-25-14-7-3-5-12(9-14)20-19-21(13-6-4-8-15(10-13)26-2)18(24)16(27-19)11-17(22)23/h3-11H,1-2H3,(H,22,23)/b16-11-,20-19+. The van der Waals surface area contributed by atoms with Gasteiger partial charge in [-0.1, -0.05) is 12.1 Å². The number of amides is 1. The molecule has 8 heteroatoms. The van der Waals surface area contributed by atoms with Crippen molar-refractivity contribution in [1.29, 1.82) is 0 Å². The summed E-state index contributed by atoms with van der Waals surface area (Å²) >= 11 is 0.997. The molecule has 3 rings (SSSR count). The van der Waals surface area contributed by atoms with Crippen molar-refractivity contribution in [2.24, 2.45) is 4.99 Å². The van der Waals surface area contributed by atoms with E-state index in [2.05, 4.69) is 4.99 Å². The van der Waals surface area contributed by atoms with Gasteiger partial charge in [0.25, 0.3) is 5.91 Å². The van der Waals surface area contributed by atoms with E-state index in [1.54, 1.807) is 55.6 Å². The average Bonchev–Trinajstić information content (AvgIpc) is 2.96. The number of aliphatic carboxylic acids is 1. The van der Waals surface area contributed by atoms with E-state index < -0.39 is 11.9 Å². The Morgan fingerprint density at radius 2 is 1.78 bits per heavy atom. The minimum Gasteiger partial charge on any atom is -0.497 e. The van der Waals surface area contributed by atoms with E-state index in [9.17, 15) is 9.59 Å². The lowest BCUT2D eigenvalue weighted by atomic mass is 10.2.